The van der Waals surface area contributed by atoms with Crippen LogP contribution in [0.4, 0.5) is 0 Å². The van der Waals surface area contributed by atoms with Gasteiger partial charge in [-0.05, 0) is 30.4 Å². The molecule has 1 aliphatic heterocycles. The molecule has 0 amide bonds. The van der Waals surface area contributed by atoms with E-state index in [1.54, 1.807) is 10.4 Å². The SMILES string of the molecule is CC(C)NCc1ccc(S(=O)(=O)N2CCC(C(C)C)C2)s1. The lowest BCUT2D eigenvalue weighted by Gasteiger charge is -2.17. The first-order chi connectivity index (χ1) is 9.80. The molecule has 1 saturated heterocycles. The first-order valence-electron chi connectivity index (χ1n) is 7.63. The fraction of sp³-hybridized carbons (Fsp3) is 0.733. The minimum Gasteiger partial charge on any atom is -0.310 e. The van der Waals surface area contributed by atoms with Crippen molar-refractivity contribution in [1.82, 2.24) is 9.62 Å². The molecule has 0 bridgehead atoms. The Balaban J connectivity index is 2.06. The topological polar surface area (TPSA) is 49.4 Å². The van der Waals surface area contributed by atoms with Gasteiger partial charge in [0.1, 0.15) is 4.21 Å². The van der Waals surface area contributed by atoms with Crippen LogP contribution in [-0.4, -0.2) is 31.9 Å². The highest BCUT2D eigenvalue weighted by atomic mass is 32.2. The van der Waals surface area contributed by atoms with Crippen LogP contribution in [0.25, 0.3) is 0 Å². The molecule has 0 spiro atoms. The molecule has 1 aromatic heterocycles. The fourth-order valence-electron chi connectivity index (χ4n) is 2.54. The van der Waals surface area contributed by atoms with Gasteiger partial charge in [-0.15, -0.1) is 11.3 Å². The Morgan fingerprint density at radius 1 is 1.33 bits per heavy atom. The summed E-state index contributed by atoms with van der Waals surface area (Å²) in [5, 5.41) is 3.32. The van der Waals surface area contributed by atoms with E-state index in [1.807, 2.05) is 6.07 Å². The molecule has 21 heavy (non-hydrogen) atoms. The van der Waals surface area contributed by atoms with Gasteiger partial charge in [0.05, 0.1) is 0 Å². The molecule has 1 atom stereocenters. The van der Waals surface area contributed by atoms with Crippen LogP contribution >= 0.6 is 11.3 Å². The molecule has 4 nitrogen and oxygen atoms in total. The first-order valence-corrected chi connectivity index (χ1v) is 9.88. The highest BCUT2D eigenvalue weighted by Crippen LogP contribution is 2.31. The summed E-state index contributed by atoms with van der Waals surface area (Å²) in [6, 6.07) is 4.07. The molecule has 0 aliphatic carbocycles. The first kappa shape index (κ1) is 16.9. The van der Waals surface area contributed by atoms with Crippen molar-refractivity contribution in [2.24, 2.45) is 11.8 Å². The largest absolute Gasteiger partial charge is 0.310 e. The lowest BCUT2D eigenvalue weighted by Crippen LogP contribution is -2.29. The highest BCUT2D eigenvalue weighted by Gasteiger charge is 2.34. The second-order valence-corrected chi connectivity index (χ2v) is 9.75. The monoisotopic (exact) mass is 330 g/mol. The Morgan fingerprint density at radius 3 is 2.62 bits per heavy atom. The number of hydrogen-bond donors (Lipinski definition) is 1. The summed E-state index contributed by atoms with van der Waals surface area (Å²) in [6.07, 6.45) is 0.976. The Morgan fingerprint density at radius 2 is 2.05 bits per heavy atom. The molecule has 1 N–H and O–H groups in total. The van der Waals surface area contributed by atoms with Crippen LogP contribution in [0.5, 0.6) is 0 Å². The second-order valence-electron chi connectivity index (χ2n) is 6.41. The number of nitrogens with zero attached hydrogens (tertiary/aromatic N) is 1. The van der Waals surface area contributed by atoms with Gasteiger partial charge in [0.25, 0.3) is 10.0 Å². The third-order valence-electron chi connectivity index (χ3n) is 4.05. The van der Waals surface area contributed by atoms with Crippen molar-refractivity contribution in [3.05, 3.63) is 17.0 Å². The van der Waals surface area contributed by atoms with Crippen molar-refractivity contribution in [3.63, 3.8) is 0 Å². The van der Waals surface area contributed by atoms with Crippen LogP contribution in [0, 0.1) is 11.8 Å². The molecule has 1 aromatic rings. The molecular weight excluding hydrogens is 304 g/mol. The van der Waals surface area contributed by atoms with Crippen molar-refractivity contribution in [1.29, 1.82) is 0 Å². The van der Waals surface area contributed by atoms with Crippen LogP contribution < -0.4 is 5.32 Å². The van der Waals surface area contributed by atoms with E-state index in [9.17, 15) is 8.42 Å². The van der Waals surface area contributed by atoms with E-state index in [0.717, 1.165) is 17.8 Å². The molecular formula is C15H26N2O2S2. The van der Waals surface area contributed by atoms with Gasteiger partial charge in [0.2, 0.25) is 0 Å². The van der Waals surface area contributed by atoms with E-state index in [0.29, 0.717) is 35.2 Å². The Labute approximate surface area is 132 Å². The third-order valence-corrected chi connectivity index (χ3v) is 7.46. The summed E-state index contributed by atoms with van der Waals surface area (Å²) >= 11 is 1.39. The molecule has 120 valence electrons. The standard InChI is InChI=1S/C15H26N2O2S2/c1-11(2)13-7-8-17(10-13)21(18,19)15-6-5-14(20-15)9-16-12(3)4/h5-6,11-13,16H,7-10H2,1-4H3. The lowest BCUT2D eigenvalue weighted by atomic mass is 9.96. The van der Waals surface area contributed by atoms with E-state index >= 15 is 0 Å². The minimum absolute atomic E-state index is 0.400. The Bertz CT molecular complexity index is 564. The minimum atomic E-state index is -3.30. The maximum atomic E-state index is 12.7. The average Bonchev–Trinajstić information content (AvgIpc) is 3.06. The molecule has 1 unspecified atom stereocenters. The lowest BCUT2D eigenvalue weighted by molar-refractivity contribution is 0.389. The van der Waals surface area contributed by atoms with Crippen LogP contribution in [-0.2, 0) is 16.6 Å². The van der Waals surface area contributed by atoms with Gasteiger partial charge in [-0.2, -0.15) is 4.31 Å². The van der Waals surface area contributed by atoms with Crippen LogP contribution in [0.3, 0.4) is 0 Å². The van der Waals surface area contributed by atoms with E-state index < -0.39 is 10.0 Å². The van der Waals surface area contributed by atoms with E-state index in [4.69, 9.17) is 0 Å². The third kappa shape index (κ3) is 4.06. The van der Waals surface area contributed by atoms with E-state index in [1.165, 1.54) is 11.3 Å². The van der Waals surface area contributed by atoms with Crippen LogP contribution in [0.15, 0.2) is 16.3 Å². The molecule has 1 aliphatic rings. The van der Waals surface area contributed by atoms with Gasteiger partial charge < -0.3 is 5.32 Å². The summed E-state index contributed by atoms with van der Waals surface area (Å²) in [6.45, 7) is 10.6. The molecule has 2 rings (SSSR count). The zero-order chi connectivity index (χ0) is 15.6. The van der Waals surface area contributed by atoms with Crippen molar-refractivity contribution >= 4 is 21.4 Å². The highest BCUT2D eigenvalue weighted by molar-refractivity contribution is 7.91. The molecule has 6 heteroatoms. The predicted molar refractivity (Wildman–Crippen MR) is 88.0 cm³/mol. The van der Waals surface area contributed by atoms with Gasteiger partial charge in [0.15, 0.2) is 0 Å². The van der Waals surface area contributed by atoms with Gasteiger partial charge in [-0.25, -0.2) is 8.42 Å². The van der Waals surface area contributed by atoms with E-state index in [2.05, 4.69) is 33.0 Å². The summed E-state index contributed by atoms with van der Waals surface area (Å²) in [5.41, 5.74) is 0. The smallest absolute Gasteiger partial charge is 0.252 e. The second kappa shape index (κ2) is 6.77. The predicted octanol–water partition coefficient (Wildman–Crippen LogP) is 2.91. The summed E-state index contributed by atoms with van der Waals surface area (Å²) in [7, 11) is -3.30. The van der Waals surface area contributed by atoms with Crippen LogP contribution in [0.1, 0.15) is 39.0 Å². The number of rotatable bonds is 6. The quantitative estimate of drug-likeness (QED) is 0.872. The van der Waals surface area contributed by atoms with Crippen molar-refractivity contribution < 1.29 is 8.42 Å². The van der Waals surface area contributed by atoms with E-state index in [-0.39, 0.29) is 0 Å². The van der Waals surface area contributed by atoms with Crippen LogP contribution in [0.2, 0.25) is 0 Å². The molecule has 0 radical (unpaired) electrons. The molecule has 2 heterocycles. The fourth-order valence-corrected chi connectivity index (χ4v) is 5.51. The van der Waals surface area contributed by atoms with Gasteiger partial charge in [-0.3, -0.25) is 0 Å². The average molecular weight is 331 g/mol. The summed E-state index contributed by atoms with van der Waals surface area (Å²) < 4.78 is 27.5. The maximum Gasteiger partial charge on any atom is 0.252 e. The molecule has 0 aromatic carbocycles. The van der Waals surface area contributed by atoms with Gasteiger partial charge in [0, 0.05) is 30.6 Å². The maximum absolute atomic E-state index is 12.7. The number of nitrogens with one attached hydrogen (secondary N) is 1. The zero-order valence-electron chi connectivity index (χ0n) is 13.3. The van der Waals surface area contributed by atoms with Gasteiger partial charge in [-0.1, -0.05) is 27.7 Å². The Hall–Kier alpha value is -0.430. The van der Waals surface area contributed by atoms with Crippen molar-refractivity contribution in [3.8, 4) is 0 Å². The normalized spacial score (nSPS) is 20.8. The van der Waals surface area contributed by atoms with Crippen molar-refractivity contribution in [2.75, 3.05) is 13.1 Å². The summed E-state index contributed by atoms with van der Waals surface area (Å²) in [4.78, 5) is 1.07. The van der Waals surface area contributed by atoms with Crippen molar-refractivity contribution in [2.45, 2.75) is 50.9 Å². The number of hydrogen-bond acceptors (Lipinski definition) is 4. The van der Waals surface area contributed by atoms with Gasteiger partial charge >= 0.3 is 0 Å². The number of sulfonamides is 1. The summed E-state index contributed by atoms with van der Waals surface area (Å²) in [5.74, 6) is 1.03. The zero-order valence-corrected chi connectivity index (χ0v) is 14.9. The molecule has 0 saturated carbocycles. The molecule has 1 fully saturated rings. The number of thiophene rings is 1. The Kier molecular flexibility index (Phi) is 5.46.